The van der Waals surface area contributed by atoms with Crippen LogP contribution in [0.4, 0.5) is 11.4 Å². The molecule has 1 aliphatic carbocycles. The number of nitro benzene ring substituents is 1. The zero-order valence-electron chi connectivity index (χ0n) is 13.7. The summed E-state index contributed by atoms with van der Waals surface area (Å²) < 4.78 is 0. The highest BCUT2D eigenvalue weighted by Crippen LogP contribution is 2.30. The van der Waals surface area contributed by atoms with Crippen LogP contribution in [0.2, 0.25) is 0 Å². The summed E-state index contributed by atoms with van der Waals surface area (Å²) in [5.74, 6) is -1.19. The van der Waals surface area contributed by atoms with E-state index in [0.717, 1.165) is 12.8 Å². The molecule has 0 atom stereocenters. The largest absolute Gasteiger partial charge is 0.480 e. The number of carboxylic acids is 1. The van der Waals surface area contributed by atoms with Crippen LogP contribution in [0.25, 0.3) is 0 Å². The fraction of sp³-hybridized carbons (Fsp3) is 0.500. The lowest BCUT2D eigenvalue weighted by molar-refractivity contribution is -0.385. The summed E-state index contributed by atoms with van der Waals surface area (Å²) in [6.45, 7) is 3.94. The number of nitrogens with zero attached hydrogens (tertiary/aromatic N) is 2. The lowest BCUT2D eigenvalue weighted by Crippen LogP contribution is -2.51. The molecule has 24 heavy (non-hydrogen) atoms. The second-order valence-corrected chi connectivity index (χ2v) is 5.97. The summed E-state index contributed by atoms with van der Waals surface area (Å²) in [6, 6.07) is 4.81. The third kappa shape index (κ3) is 4.08. The highest BCUT2D eigenvalue weighted by molar-refractivity contribution is 5.99. The third-order valence-corrected chi connectivity index (χ3v) is 4.32. The van der Waals surface area contributed by atoms with Gasteiger partial charge in [-0.1, -0.05) is 6.92 Å². The number of rotatable bonds is 8. The fourth-order valence-corrected chi connectivity index (χ4v) is 2.98. The van der Waals surface area contributed by atoms with Gasteiger partial charge in [-0.2, -0.15) is 0 Å². The van der Waals surface area contributed by atoms with Crippen LogP contribution in [0.15, 0.2) is 18.2 Å². The average Bonchev–Trinajstić information content (AvgIpc) is 2.47. The van der Waals surface area contributed by atoms with Crippen LogP contribution < -0.4 is 5.32 Å². The number of aliphatic carboxylic acids is 1. The van der Waals surface area contributed by atoms with E-state index < -0.39 is 10.9 Å². The summed E-state index contributed by atoms with van der Waals surface area (Å²) in [6.07, 6.45) is 1.60. The van der Waals surface area contributed by atoms with Gasteiger partial charge in [0.05, 0.1) is 17.0 Å². The van der Waals surface area contributed by atoms with Crippen molar-refractivity contribution >= 4 is 23.1 Å². The van der Waals surface area contributed by atoms with Crippen molar-refractivity contribution in [1.29, 1.82) is 0 Å². The maximum Gasteiger partial charge on any atom is 0.317 e. The van der Waals surface area contributed by atoms with Gasteiger partial charge in [-0.15, -0.1) is 0 Å². The number of ketones is 1. The van der Waals surface area contributed by atoms with Crippen molar-refractivity contribution in [3.05, 3.63) is 33.9 Å². The van der Waals surface area contributed by atoms with Gasteiger partial charge in [0.2, 0.25) is 0 Å². The first-order valence-electron chi connectivity index (χ1n) is 7.83. The maximum atomic E-state index is 11.6. The third-order valence-electron chi connectivity index (χ3n) is 4.32. The molecule has 0 aromatic heterocycles. The summed E-state index contributed by atoms with van der Waals surface area (Å²) >= 11 is 0. The van der Waals surface area contributed by atoms with Gasteiger partial charge >= 0.3 is 5.97 Å². The number of likely N-dealkylation sites (N-methyl/N-ethyl adjacent to an activating group) is 1. The molecule has 0 heterocycles. The lowest BCUT2D eigenvalue weighted by atomic mass is 9.85. The maximum absolute atomic E-state index is 11.6. The van der Waals surface area contributed by atoms with E-state index in [9.17, 15) is 19.7 Å². The fourth-order valence-electron chi connectivity index (χ4n) is 2.98. The minimum atomic E-state index is -0.838. The number of carbonyl (C=O) groups excluding carboxylic acids is 1. The van der Waals surface area contributed by atoms with Gasteiger partial charge in [-0.05, 0) is 38.4 Å². The van der Waals surface area contributed by atoms with Crippen molar-refractivity contribution < 1.29 is 19.6 Å². The molecular weight excluding hydrogens is 314 g/mol. The molecule has 130 valence electrons. The summed E-state index contributed by atoms with van der Waals surface area (Å²) in [7, 11) is 0. The van der Waals surface area contributed by atoms with Crippen LogP contribution in [0, 0.1) is 10.1 Å². The van der Waals surface area contributed by atoms with Crippen LogP contribution in [-0.2, 0) is 4.79 Å². The van der Waals surface area contributed by atoms with Gasteiger partial charge in [0.25, 0.3) is 5.69 Å². The van der Waals surface area contributed by atoms with Crippen molar-refractivity contribution in [1.82, 2.24) is 4.90 Å². The molecule has 8 heteroatoms. The Hall–Kier alpha value is -2.48. The molecule has 1 aliphatic rings. The van der Waals surface area contributed by atoms with E-state index in [1.165, 1.54) is 19.1 Å². The molecule has 2 rings (SSSR count). The zero-order valence-corrected chi connectivity index (χ0v) is 13.7. The van der Waals surface area contributed by atoms with Crippen molar-refractivity contribution in [2.24, 2.45) is 0 Å². The molecule has 0 bridgehead atoms. The molecular formula is C16H21N3O5. The summed E-state index contributed by atoms with van der Waals surface area (Å²) in [4.78, 5) is 34.7. The first-order chi connectivity index (χ1) is 11.3. The molecule has 0 unspecified atom stereocenters. The van der Waals surface area contributed by atoms with Crippen molar-refractivity contribution in [3.8, 4) is 0 Å². The van der Waals surface area contributed by atoms with Gasteiger partial charge in [0.15, 0.2) is 5.78 Å². The SMILES string of the molecule is CCN(CC(=O)O)C1CC(Nc2ccc([N+](=O)[O-])c(C(C)=O)c2)C1. The van der Waals surface area contributed by atoms with E-state index in [4.69, 9.17) is 5.11 Å². The normalized spacial score (nSPS) is 19.6. The summed E-state index contributed by atoms with van der Waals surface area (Å²) in [5, 5.41) is 23.1. The van der Waals surface area contributed by atoms with Crippen molar-refractivity contribution in [2.75, 3.05) is 18.4 Å². The van der Waals surface area contributed by atoms with E-state index in [1.54, 1.807) is 6.07 Å². The first kappa shape index (κ1) is 17.9. The highest BCUT2D eigenvalue weighted by Gasteiger charge is 2.34. The van der Waals surface area contributed by atoms with Crippen LogP contribution in [-0.4, -0.2) is 51.9 Å². The molecule has 1 fully saturated rings. The molecule has 1 aromatic rings. The van der Waals surface area contributed by atoms with Crippen LogP contribution >= 0.6 is 0 Å². The molecule has 8 nitrogen and oxygen atoms in total. The predicted octanol–water partition coefficient (Wildman–Crippen LogP) is 2.15. The molecule has 1 aromatic carbocycles. The average molecular weight is 335 g/mol. The van der Waals surface area contributed by atoms with Crippen molar-refractivity contribution in [2.45, 2.75) is 38.8 Å². The Balaban J connectivity index is 1.99. The standard InChI is InChI=1S/C16H21N3O5/c1-3-18(9-16(21)22)13-6-12(7-13)17-11-4-5-15(19(23)24)14(8-11)10(2)20/h4-5,8,12-13,17H,3,6-7,9H2,1-2H3,(H,21,22). The molecule has 0 aliphatic heterocycles. The number of carboxylic acid groups (broad SMARTS) is 1. The molecule has 1 saturated carbocycles. The van der Waals surface area contributed by atoms with Crippen LogP contribution in [0.5, 0.6) is 0 Å². The van der Waals surface area contributed by atoms with E-state index in [-0.39, 0.29) is 35.7 Å². The number of Topliss-reactive ketones (excluding diaryl/α,β-unsaturated/α-hetero) is 1. The lowest BCUT2D eigenvalue weighted by Gasteiger charge is -2.42. The smallest absolute Gasteiger partial charge is 0.317 e. The minimum absolute atomic E-state index is 0.0277. The molecule has 2 N–H and O–H groups in total. The van der Waals surface area contributed by atoms with E-state index >= 15 is 0 Å². The van der Waals surface area contributed by atoms with Gasteiger partial charge in [0, 0.05) is 23.8 Å². The highest BCUT2D eigenvalue weighted by atomic mass is 16.6. The van der Waals surface area contributed by atoms with E-state index in [2.05, 4.69) is 5.32 Å². The Morgan fingerprint density at radius 2 is 2.08 bits per heavy atom. The van der Waals surface area contributed by atoms with Crippen LogP contribution in [0.1, 0.15) is 37.0 Å². The van der Waals surface area contributed by atoms with Gasteiger partial charge in [0.1, 0.15) is 0 Å². The number of nitro groups is 1. The molecule has 0 radical (unpaired) electrons. The number of hydrogen-bond donors (Lipinski definition) is 2. The Labute approximate surface area is 139 Å². The van der Waals surface area contributed by atoms with Gasteiger partial charge < -0.3 is 10.4 Å². The second-order valence-electron chi connectivity index (χ2n) is 5.97. The quantitative estimate of drug-likeness (QED) is 0.425. The van der Waals surface area contributed by atoms with E-state index in [1.807, 2.05) is 11.8 Å². The number of nitrogens with one attached hydrogen (secondary N) is 1. The zero-order chi connectivity index (χ0) is 17.9. The molecule has 0 amide bonds. The van der Waals surface area contributed by atoms with Gasteiger partial charge in [-0.3, -0.25) is 24.6 Å². The minimum Gasteiger partial charge on any atom is -0.480 e. The summed E-state index contributed by atoms with van der Waals surface area (Å²) in [5.41, 5.74) is 0.552. The molecule has 0 spiro atoms. The molecule has 0 saturated heterocycles. The monoisotopic (exact) mass is 335 g/mol. The number of benzene rings is 1. The number of anilines is 1. The predicted molar refractivity (Wildman–Crippen MR) is 88.4 cm³/mol. The number of carbonyl (C=O) groups is 2. The Kier molecular flexibility index (Phi) is 5.50. The van der Waals surface area contributed by atoms with Crippen LogP contribution in [0.3, 0.4) is 0 Å². The first-order valence-corrected chi connectivity index (χ1v) is 7.83. The number of hydrogen-bond acceptors (Lipinski definition) is 6. The van der Waals surface area contributed by atoms with E-state index in [0.29, 0.717) is 12.2 Å². The van der Waals surface area contributed by atoms with Gasteiger partial charge in [-0.25, -0.2) is 0 Å². The second kappa shape index (κ2) is 7.39. The van der Waals surface area contributed by atoms with Crippen molar-refractivity contribution in [3.63, 3.8) is 0 Å². The Bertz CT molecular complexity index is 655. The Morgan fingerprint density at radius 3 is 2.58 bits per heavy atom. The Morgan fingerprint density at radius 1 is 1.42 bits per heavy atom. The topological polar surface area (TPSA) is 113 Å².